The molecule has 0 saturated heterocycles. The third kappa shape index (κ3) is 2.97. The summed E-state index contributed by atoms with van der Waals surface area (Å²) in [6.45, 7) is 4.64. The predicted molar refractivity (Wildman–Crippen MR) is 102 cm³/mol. The Bertz CT molecular complexity index is 782. The molecular weight excluding hydrogens is 324 g/mol. The van der Waals surface area contributed by atoms with Crippen molar-refractivity contribution < 1.29 is 14.3 Å². The summed E-state index contributed by atoms with van der Waals surface area (Å²) in [4.78, 5) is 12.8. The Morgan fingerprint density at radius 2 is 2.00 bits per heavy atom. The van der Waals surface area contributed by atoms with Crippen LogP contribution >= 0.6 is 0 Å². The maximum Gasteiger partial charge on any atom is 0.313 e. The highest BCUT2D eigenvalue weighted by Crippen LogP contribution is 2.58. The fourth-order valence-electron chi connectivity index (χ4n) is 5.17. The number of aryl methyl sites for hydroxylation is 1. The van der Waals surface area contributed by atoms with Crippen LogP contribution in [0.2, 0.25) is 0 Å². The third-order valence-electron chi connectivity index (χ3n) is 6.40. The highest BCUT2D eigenvalue weighted by atomic mass is 16.5. The van der Waals surface area contributed by atoms with Gasteiger partial charge in [-0.05, 0) is 67.2 Å². The Kier molecular flexibility index (Phi) is 5.01. The van der Waals surface area contributed by atoms with Crippen molar-refractivity contribution in [1.82, 2.24) is 0 Å². The van der Waals surface area contributed by atoms with Gasteiger partial charge in [-0.15, -0.1) is 12.8 Å². The number of ether oxygens (including phenoxy) is 2. The lowest BCUT2D eigenvalue weighted by molar-refractivity contribution is -0.163. The van der Waals surface area contributed by atoms with Gasteiger partial charge in [0.05, 0.1) is 5.41 Å². The summed E-state index contributed by atoms with van der Waals surface area (Å²) in [5.41, 5.74) is 2.06. The molecular formula is C23H26O3. The summed E-state index contributed by atoms with van der Waals surface area (Å²) in [5.74, 6) is 5.78. The molecule has 0 aromatic heterocycles. The molecule has 136 valence electrons. The van der Waals surface area contributed by atoms with Crippen molar-refractivity contribution in [1.29, 1.82) is 0 Å². The zero-order valence-electron chi connectivity index (χ0n) is 15.6. The minimum absolute atomic E-state index is 0.0402. The first-order valence-electron chi connectivity index (χ1n) is 9.26. The van der Waals surface area contributed by atoms with Crippen molar-refractivity contribution in [2.75, 3.05) is 13.2 Å². The van der Waals surface area contributed by atoms with E-state index in [1.165, 1.54) is 11.1 Å². The Morgan fingerprint density at radius 1 is 1.23 bits per heavy atom. The van der Waals surface area contributed by atoms with Gasteiger partial charge in [-0.1, -0.05) is 31.3 Å². The number of carbonyl (C=O) groups excluding carboxylic acids is 1. The number of hydrogen-bond donors (Lipinski definition) is 0. The summed E-state index contributed by atoms with van der Waals surface area (Å²) in [6.07, 6.45) is 15.4. The molecule has 0 radical (unpaired) electrons. The average Bonchev–Trinajstić information content (AvgIpc) is 2.64. The second-order valence-electron chi connectivity index (χ2n) is 7.87. The second-order valence-corrected chi connectivity index (χ2v) is 7.87. The van der Waals surface area contributed by atoms with Gasteiger partial charge in [-0.2, -0.15) is 0 Å². The molecule has 3 atom stereocenters. The molecule has 1 fully saturated rings. The number of carbonyl (C=O) groups is 1. The number of terminal acetylenes is 2. The summed E-state index contributed by atoms with van der Waals surface area (Å²) in [5, 5.41) is 0. The number of rotatable bonds is 4. The molecule has 0 heterocycles. The summed E-state index contributed by atoms with van der Waals surface area (Å²) in [6, 6.07) is 6.26. The molecule has 1 aromatic rings. The lowest BCUT2D eigenvalue weighted by Gasteiger charge is -2.54. The average molecular weight is 350 g/mol. The van der Waals surface area contributed by atoms with E-state index in [1.807, 2.05) is 6.07 Å². The molecule has 2 aliphatic carbocycles. The van der Waals surface area contributed by atoms with E-state index in [-0.39, 0.29) is 30.5 Å². The Morgan fingerprint density at radius 3 is 2.73 bits per heavy atom. The van der Waals surface area contributed by atoms with Crippen LogP contribution in [0, 0.1) is 36.0 Å². The number of esters is 1. The Labute approximate surface area is 156 Å². The van der Waals surface area contributed by atoms with Gasteiger partial charge in [0, 0.05) is 0 Å². The van der Waals surface area contributed by atoms with Crippen LogP contribution in [0.1, 0.15) is 50.7 Å². The molecule has 1 aromatic carbocycles. The van der Waals surface area contributed by atoms with E-state index >= 15 is 0 Å². The van der Waals surface area contributed by atoms with Crippen molar-refractivity contribution in [3.63, 3.8) is 0 Å². The third-order valence-corrected chi connectivity index (χ3v) is 6.40. The zero-order valence-corrected chi connectivity index (χ0v) is 15.6. The topological polar surface area (TPSA) is 35.5 Å². The molecule has 1 saturated carbocycles. The molecule has 0 N–H and O–H groups in total. The normalized spacial score (nSPS) is 29.5. The number of fused-ring (bicyclic) bond motifs is 3. The van der Waals surface area contributed by atoms with Gasteiger partial charge in [-0.3, -0.25) is 4.79 Å². The standard InChI is InChI=1S/C23H26O3/c1-5-14-25-18-10-8-17-9-11-20-22(3,19(17)16-18)12-7-13-23(20,4)21(24)26-15-6-2/h1-2,8,10,16,20H,7,9,11-15H2,3-4H3/t20-,22-,23+/m1/s1. The molecule has 2 aliphatic rings. The highest BCUT2D eigenvalue weighted by Gasteiger charge is 2.55. The van der Waals surface area contributed by atoms with Crippen molar-refractivity contribution in [2.24, 2.45) is 11.3 Å². The first kappa shape index (κ1) is 18.4. The van der Waals surface area contributed by atoms with Gasteiger partial charge in [0.2, 0.25) is 0 Å². The van der Waals surface area contributed by atoms with Gasteiger partial charge in [0.25, 0.3) is 0 Å². The van der Waals surface area contributed by atoms with Crippen LogP contribution in [0.5, 0.6) is 5.75 Å². The molecule has 0 amide bonds. The van der Waals surface area contributed by atoms with Gasteiger partial charge < -0.3 is 9.47 Å². The maximum atomic E-state index is 12.8. The summed E-state index contributed by atoms with van der Waals surface area (Å²) >= 11 is 0. The van der Waals surface area contributed by atoms with E-state index in [0.29, 0.717) is 0 Å². The maximum absolute atomic E-state index is 12.8. The second kappa shape index (κ2) is 7.08. The van der Waals surface area contributed by atoms with Gasteiger partial charge in [0.1, 0.15) is 12.4 Å². The van der Waals surface area contributed by atoms with Crippen molar-refractivity contribution in [2.45, 2.75) is 51.4 Å². The van der Waals surface area contributed by atoms with Crippen molar-refractivity contribution >= 4 is 5.97 Å². The van der Waals surface area contributed by atoms with E-state index in [9.17, 15) is 4.79 Å². The fraction of sp³-hybridized carbons (Fsp3) is 0.522. The van der Waals surface area contributed by atoms with Crippen molar-refractivity contribution in [3.05, 3.63) is 29.3 Å². The summed E-state index contributed by atoms with van der Waals surface area (Å²) < 4.78 is 11.0. The lowest BCUT2D eigenvalue weighted by atomic mass is 9.50. The molecule has 0 bridgehead atoms. The quantitative estimate of drug-likeness (QED) is 0.610. The Balaban J connectivity index is 1.97. The minimum atomic E-state index is -0.503. The van der Waals surface area contributed by atoms with Crippen LogP contribution in [-0.2, 0) is 21.4 Å². The summed E-state index contributed by atoms with van der Waals surface area (Å²) in [7, 11) is 0. The van der Waals surface area contributed by atoms with E-state index in [2.05, 4.69) is 37.8 Å². The van der Waals surface area contributed by atoms with Crippen molar-refractivity contribution in [3.8, 4) is 30.4 Å². The largest absolute Gasteiger partial charge is 0.481 e. The molecule has 3 heteroatoms. The Hall–Kier alpha value is -2.39. The molecule has 26 heavy (non-hydrogen) atoms. The first-order chi connectivity index (χ1) is 12.5. The van der Waals surface area contributed by atoms with Crippen LogP contribution in [0.3, 0.4) is 0 Å². The van der Waals surface area contributed by atoms with E-state index in [4.69, 9.17) is 22.3 Å². The van der Waals surface area contributed by atoms with E-state index < -0.39 is 5.41 Å². The van der Waals surface area contributed by atoms with Gasteiger partial charge in [0.15, 0.2) is 6.61 Å². The van der Waals surface area contributed by atoms with Crippen LogP contribution < -0.4 is 4.74 Å². The van der Waals surface area contributed by atoms with Gasteiger partial charge in [-0.25, -0.2) is 0 Å². The highest BCUT2D eigenvalue weighted by molar-refractivity contribution is 5.77. The molecule has 3 nitrogen and oxygen atoms in total. The van der Waals surface area contributed by atoms with Crippen LogP contribution in [0.25, 0.3) is 0 Å². The van der Waals surface area contributed by atoms with Gasteiger partial charge >= 0.3 is 5.97 Å². The molecule has 0 spiro atoms. The van der Waals surface area contributed by atoms with Crippen LogP contribution in [-0.4, -0.2) is 19.2 Å². The van der Waals surface area contributed by atoms with Crippen LogP contribution in [0.4, 0.5) is 0 Å². The number of hydrogen-bond acceptors (Lipinski definition) is 3. The van der Waals surface area contributed by atoms with Crippen LogP contribution in [0.15, 0.2) is 18.2 Å². The monoisotopic (exact) mass is 350 g/mol. The minimum Gasteiger partial charge on any atom is -0.481 e. The smallest absolute Gasteiger partial charge is 0.313 e. The molecule has 3 rings (SSSR count). The SMILES string of the molecule is C#CCOC(=O)[C@@]1(C)CCC[C@]2(C)c3cc(OCC#C)ccc3CC[C@@H]12. The zero-order chi connectivity index (χ0) is 18.8. The lowest BCUT2D eigenvalue weighted by Crippen LogP contribution is -2.52. The number of benzene rings is 1. The molecule has 0 aliphatic heterocycles. The van der Waals surface area contributed by atoms with E-state index in [0.717, 1.165) is 37.9 Å². The van der Waals surface area contributed by atoms with E-state index in [1.54, 1.807) is 0 Å². The fourth-order valence-corrected chi connectivity index (χ4v) is 5.17. The predicted octanol–water partition coefficient (Wildman–Crippen LogP) is 3.89. The molecule has 0 unspecified atom stereocenters. The first-order valence-corrected chi connectivity index (χ1v) is 9.26.